The maximum absolute atomic E-state index is 5.99. The summed E-state index contributed by atoms with van der Waals surface area (Å²) < 4.78 is 5.99. The first-order valence-corrected chi connectivity index (χ1v) is 5.32. The van der Waals surface area contributed by atoms with Gasteiger partial charge in [-0.2, -0.15) is 0 Å². The standard InChI is InChI=1S/C12H15NO/c1-2-4-10(5-3-1)12-7-6-11(8-14-12)13-9-12/h1-5,11,13H,6-9H2/t11-,12-/m0/s1. The van der Waals surface area contributed by atoms with E-state index in [1.807, 2.05) is 0 Å². The summed E-state index contributed by atoms with van der Waals surface area (Å²) in [6.07, 6.45) is 2.41. The van der Waals surface area contributed by atoms with E-state index in [9.17, 15) is 0 Å². The smallest absolute Gasteiger partial charge is 0.106 e. The van der Waals surface area contributed by atoms with Gasteiger partial charge in [-0.1, -0.05) is 30.3 Å². The largest absolute Gasteiger partial charge is 0.367 e. The first kappa shape index (κ1) is 8.45. The van der Waals surface area contributed by atoms with Crippen LogP contribution in [0.4, 0.5) is 0 Å². The van der Waals surface area contributed by atoms with Gasteiger partial charge in [0.05, 0.1) is 6.61 Å². The highest BCUT2D eigenvalue weighted by atomic mass is 16.5. The molecule has 3 aliphatic heterocycles. The van der Waals surface area contributed by atoms with E-state index in [1.165, 1.54) is 12.0 Å². The number of ether oxygens (including phenoxy) is 1. The lowest BCUT2D eigenvalue weighted by Crippen LogP contribution is -2.57. The van der Waals surface area contributed by atoms with Crippen molar-refractivity contribution in [2.45, 2.75) is 24.5 Å². The maximum atomic E-state index is 5.99. The van der Waals surface area contributed by atoms with Crippen molar-refractivity contribution in [1.29, 1.82) is 0 Å². The quantitative estimate of drug-likeness (QED) is 0.725. The van der Waals surface area contributed by atoms with E-state index in [2.05, 4.69) is 35.6 Å². The molecular weight excluding hydrogens is 174 g/mol. The average molecular weight is 189 g/mol. The number of piperidine rings is 1. The molecule has 2 heteroatoms. The Hall–Kier alpha value is -0.860. The normalized spacial score (nSPS) is 35.9. The van der Waals surface area contributed by atoms with Crippen molar-refractivity contribution in [2.75, 3.05) is 13.2 Å². The van der Waals surface area contributed by atoms with Gasteiger partial charge in [0.1, 0.15) is 5.60 Å². The molecule has 1 aromatic rings. The minimum Gasteiger partial charge on any atom is -0.367 e. The average Bonchev–Trinajstić information content (AvgIpc) is 2.33. The zero-order valence-electron chi connectivity index (χ0n) is 8.20. The summed E-state index contributed by atoms with van der Waals surface area (Å²) >= 11 is 0. The third kappa shape index (κ3) is 1.18. The predicted octanol–water partition coefficient (Wildman–Crippen LogP) is 1.66. The fourth-order valence-electron chi connectivity index (χ4n) is 2.50. The third-order valence-corrected chi connectivity index (χ3v) is 3.43. The number of fused-ring (bicyclic) bond motifs is 3. The van der Waals surface area contributed by atoms with Gasteiger partial charge < -0.3 is 10.1 Å². The number of hydrogen-bond acceptors (Lipinski definition) is 2. The number of rotatable bonds is 1. The molecule has 4 rings (SSSR count). The molecule has 0 radical (unpaired) electrons. The number of hydrogen-bond donors (Lipinski definition) is 1. The lowest BCUT2D eigenvalue weighted by atomic mass is 9.82. The number of benzene rings is 1. The second-order valence-electron chi connectivity index (χ2n) is 4.29. The highest BCUT2D eigenvalue weighted by molar-refractivity contribution is 5.25. The van der Waals surface area contributed by atoms with Gasteiger partial charge in [0.25, 0.3) is 0 Å². The molecule has 2 nitrogen and oxygen atoms in total. The molecule has 0 aliphatic carbocycles. The fraction of sp³-hybridized carbons (Fsp3) is 0.500. The minimum absolute atomic E-state index is 0.0317. The van der Waals surface area contributed by atoms with Crippen molar-refractivity contribution in [3.63, 3.8) is 0 Å². The van der Waals surface area contributed by atoms with E-state index in [1.54, 1.807) is 0 Å². The van der Waals surface area contributed by atoms with E-state index in [0.717, 1.165) is 19.6 Å². The predicted molar refractivity (Wildman–Crippen MR) is 55.1 cm³/mol. The topological polar surface area (TPSA) is 21.3 Å². The third-order valence-electron chi connectivity index (χ3n) is 3.43. The Kier molecular flexibility index (Phi) is 1.85. The van der Waals surface area contributed by atoms with E-state index < -0.39 is 0 Å². The van der Waals surface area contributed by atoms with Crippen molar-refractivity contribution in [3.8, 4) is 0 Å². The molecule has 1 N–H and O–H groups in total. The molecule has 3 saturated heterocycles. The Morgan fingerprint density at radius 3 is 2.71 bits per heavy atom. The zero-order chi connectivity index (χ0) is 9.43. The summed E-state index contributed by atoms with van der Waals surface area (Å²) in [6, 6.07) is 11.2. The molecule has 14 heavy (non-hydrogen) atoms. The molecule has 2 atom stereocenters. The van der Waals surface area contributed by atoms with Gasteiger partial charge >= 0.3 is 0 Å². The molecular formula is C12H15NO. The Labute approximate surface area is 84.3 Å². The van der Waals surface area contributed by atoms with Crippen LogP contribution in [-0.2, 0) is 10.3 Å². The van der Waals surface area contributed by atoms with E-state index in [4.69, 9.17) is 4.74 Å². The van der Waals surface area contributed by atoms with Crippen LogP contribution in [0.15, 0.2) is 30.3 Å². The van der Waals surface area contributed by atoms with E-state index in [-0.39, 0.29) is 5.60 Å². The molecule has 0 spiro atoms. The lowest BCUT2D eigenvalue weighted by Gasteiger charge is -2.47. The molecule has 3 aliphatic rings. The Balaban J connectivity index is 1.96. The fourth-order valence-corrected chi connectivity index (χ4v) is 2.50. The van der Waals surface area contributed by atoms with Crippen molar-refractivity contribution in [2.24, 2.45) is 0 Å². The lowest BCUT2D eigenvalue weighted by molar-refractivity contribution is -0.129. The van der Waals surface area contributed by atoms with E-state index >= 15 is 0 Å². The monoisotopic (exact) mass is 189 g/mol. The van der Waals surface area contributed by atoms with Gasteiger partial charge in [0.2, 0.25) is 0 Å². The van der Waals surface area contributed by atoms with E-state index in [0.29, 0.717) is 6.04 Å². The zero-order valence-corrected chi connectivity index (χ0v) is 8.20. The van der Waals surface area contributed by atoms with Crippen LogP contribution in [0.25, 0.3) is 0 Å². The molecule has 2 bridgehead atoms. The van der Waals surface area contributed by atoms with Crippen LogP contribution in [-0.4, -0.2) is 19.2 Å². The van der Waals surface area contributed by atoms with Crippen molar-refractivity contribution < 1.29 is 4.74 Å². The summed E-state index contributed by atoms with van der Waals surface area (Å²) in [5.41, 5.74) is 1.29. The van der Waals surface area contributed by atoms with Crippen LogP contribution < -0.4 is 5.32 Å². The maximum Gasteiger partial charge on any atom is 0.106 e. The summed E-state index contributed by atoms with van der Waals surface area (Å²) in [5.74, 6) is 0. The molecule has 3 fully saturated rings. The van der Waals surface area contributed by atoms with Gasteiger partial charge in [-0.25, -0.2) is 0 Å². The first-order valence-electron chi connectivity index (χ1n) is 5.32. The van der Waals surface area contributed by atoms with Crippen molar-refractivity contribution in [1.82, 2.24) is 5.32 Å². The molecule has 0 saturated carbocycles. The van der Waals surface area contributed by atoms with Gasteiger partial charge in [0.15, 0.2) is 0 Å². The Morgan fingerprint density at radius 1 is 1.29 bits per heavy atom. The second-order valence-corrected chi connectivity index (χ2v) is 4.29. The molecule has 0 unspecified atom stereocenters. The Morgan fingerprint density at radius 2 is 2.14 bits per heavy atom. The van der Waals surface area contributed by atoms with Gasteiger partial charge in [-0.3, -0.25) is 0 Å². The molecule has 3 heterocycles. The summed E-state index contributed by atoms with van der Waals surface area (Å²) in [4.78, 5) is 0. The van der Waals surface area contributed by atoms with Gasteiger partial charge in [-0.15, -0.1) is 0 Å². The number of morpholine rings is 1. The summed E-state index contributed by atoms with van der Waals surface area (Å²) in [7, 11) is 0. The highest BCUT2D eigenvalue weighted by Crippen LogP contribution is 2.38. The van der Waals surface area contributed by atoms with Gasteiger partial charge in [-0.05, 0) is 18.4 Å². The summed E-state index contributed by atoms with van der Waals surface area (Å²) in [5, 5.41) is 3.53. The second kappa shape index (κ2) is 3.07. The highest BCUT2D eigenvalue weighted by Gasteiger charge is 2.42. The van der Waals surface area contributed by atoms with Crippen molar-refractivity contribution >= 4 is 0 Å². The van der Waals surface area contributed by atoms with Crippen LogP contribution >= 0.6 is 0 Å². The minimum atomic E-state index is -0.0317. The van der Waals surface area contributed by atoms with Crippen molar-refractivity contribution in [3.05, 3.63) is 35.9 Å². The van der Waals surface area contributed by atoms with Crippen LogP contribution in [0.2, 0.25) is 0 Å². The van der Waals surface area contributed by atoms with Gasteiger partial charge in [0, 0.05) is 12.6 Å². The summed E-state index contributed by atoms with van der Waals surface area (Å²) in [6.45, 7) is 1.84. The SMILES string of the molecule is c1ccc([C@@]23CC[C@@H](CO2)NC3)cc1. The first-order chi connectivity index (χ1) is 6.89. The molecule has 0 aromatic heterocycles. The Bertz CT molecular complexity index is 301. The molecule has 0 amide bonds. The van der Waals surface area contributed by atoms with Crippen LogP contribution in [0.5, 0.6) is 0 Å². The van der Waals surface area contributed by atoms with Crippen LogP contribution in [0, 0.1) is 0 Å². The van der Waals surface area contributed by atoms with Crippen LogP contribution in [0.1, 0.15) is 18.4 Å². The molecule has 74 valence electrons. The molecule has 1 aromatic carbocycles. The van der Waals surface area contributed by atoms with Crippen LogP contribution in [0.3, 0.4) is 0 Å². The number of nitrogens with one attached hydrogen (secondary N) is 1.